The second kappa shape index (κ2) is 14.9. The number of carbonyl (C=O) groups excluding carboxylic acids is 2. The van der Waals surface area contributed by atoms with Crippen LogP contribution in [-0.4, -0.2) is 97.2 Å². The number of ether oxygens (including phenoxy) is 1. The molecule has 4 fully saturated rings. The number of tetrazole rings is 1. The molecule has 4 heterocycles. The molecule has 11 nitrogen and oxygen atoms in total. The monoisotopic (exact) mass is 838 g/mol. The molecule has 2 saturated carbocycles. The van der Waals surface area contributed by atoms with Crippen LogP contribution in [0.4, 0.5) is 39.5 Å². The number of hydrogen-bond acceptors (Lipinski definition) is 7. The van der Waals surface area contributed by atoms with E-state index in [-0.39, 0.29) is 88.9 Å². The van der Waals surface area contributed by atoms with Gasteiger partial charge >= 0.3 is 18.5 Å². The van der Waals surface area contributed by atoms with Crippen molar-refractivity contribution >= 4 is 11.8 Å². The molecule has 1 spiro atoms. The average molecular weight is 839 g/mol. The van der Waals surface area contributed by atoms with E-state index in [9.17, 15) is 49.1 Å². The van der Waals surface area contributed by atoms with Crippen molar-refractivity contribution in [1.82, 2.24) is 40.2 Å². The molecule has 2 saturated heterocycles. The standard InChI is InChI=1S/C39H39F9N8O3/c40-37(41,42)27-8-4-23(5-9-27)15-56-16-26(14-49-56)33(57)54-17-29(35(20-54)21-55(22-35)34(58)36(12-13-36)39(46,47)48)19-59-18-25-2-1-3-30(31(25)32-50-52-53-51-32)24-6-10-28(11-7-24)38(43,44)45/h1-5,8-9,14,16,24,28-29H,6-7,10-13,15,17-22H2,(H,50,51,52,53). The number of H-pyrrole nitrogens is 1. The van der Waals surface area contributed by atoms with Crippen molar-refractivity contribution in [3.05, 3.63) is 82.7 Å². The number of benzene rings is 2. The summed E-state index contributed by atoms with van der Waals surface area (Å²) in [6, 6.07) is 9.96. The van der Waals surface area contributed by atoms with Crippen molar-refractivity contribution in [2.75, 3.05) is 32.8 Å². The number of halogens is 9. The molecule has 4 aromatic rings. The summed E-state index contributed by atoms with van der Waals surface area (Å²) in [6.45, 7) is 0.387. The van der Waals surface area contributed by atoms with Gasteiger partial charge in [-0.1, -0.05) is 30.3 Å². The van der Waals surface area contributed by atoms with Gasteiger partial charge in [0, 0.05) is 49.3 Å². The van der Waals surface area contributed by atoms with Crippen molar-refractivity contribution in [2.45, 2.75) is 76.1 Å². The van der Waals surface area contributed by atoms with E-state index >= 15 is 0 Å². The Kier molecular flexibility index (Phi) is 10.3. The smallest absolute Gasteiger partial charge is 0.376 e. The number of aromatic nitrogens is 6. The maximum Gasteiger partial charge on any atom is 0.416 e. The second-order valence-corrected chi connectivity index (χ2v) is 16.3. The number of nitrogens with one attached hydrogen (secondary N) is 1. The SMILES string of the molecule is O=C(c1cnn(Cc2ccc(C(F)(F)F)cc2)c1)N1CC(COCc2cccc(C3CCC(C(F)(F)F)CC3)c2-c2nn[nH]n2)C2(C1)CN(C(=O)C1(C(F)(F)F)CC1)C2. The highest BCUT2D eigenvalue weighted by atomic mass is 19.4. The van der Waals surface area contributed by atoms with E-state index in [2.05, 4.69) is 25.7 Å². The number of rotatable bonds is 10. The predicted octanol–water partition coefficient (Wildman–Crippen LogP) is 7.43. The zero-order chi connectivity index (χ0) is 42.0. The van der Waals surface area contributed by atoms with Gasteiger partial charge in [-0.2, -0.15) is 49.8 Å². The predicted molar refractivity (Wildman–Crippen MR) is 189 cm³/mol. The normalized spacial score (nSPS) is 22.8. The summed E-state index contributed by atoms with van der Waals surface area (Å²) in [5.41, 5.74) is -1.25. The van der Waals surface area contributed by atoms with Crippen molar-refractivity contribution in [1.29, 1.82) is 0 Å². The molecule has 0 radical (unpaired) electrons. The molecule has 8 rings (SSSR count). The molecule has 1 N–H and O–H groups in total. The summed E-state index contributed by atoms with van der Waals surface area (Å²) in [5, 5.41) is 18.6. The first-order valence-corrected chi connectivity index (χ1v) is 19.2. The van der Waals surface area contributed by atoms with Crippen molar-refractivity contribution in [3.8, 4) is 11.4 Å². The molecule has 59 heavy (non-hydrogen) atoms. The molecule has 1 unspecified atom stereocenters. The third-order valence-corrected chi connectivity index (χ3v) is 12.6. The highest BCUT2D eigenvalue weighted by Crippen LogP contribution is 2.60. The Morgan fingerprint density at radius 1 is 0.881 bits per heavy atom. The fourth-order valence-electron chi connectivity index (χ4n) is 9.07. The average Bonchev–Trinajstić information content (AvgIpc) is 3.44. The van der Waals surface area contributed by atoms with E-state index in [0.29, 0.717) is 29.5 Å². The lowest BCUT2D eigenvalue weighted by molar-refractivity contribution is -0.205. The Balaban J connectivity index is 0.983. The first kappa shape index (κ1) is 40.8. The van der Waals surface area contributed by atoms with Crippen molar-refractivity contribution < 1.29 is 53.8 Å². The molecule has 2 amide bonds. The third-order valence-electron chi connectivity index (χ3n) is 12.6. The highest BCUT2D eigenvalue weighted by molar-refractivity contribution is 5.94. The molecule has 2 aliphatic carbocycles. The summed E-state index contributed by atoms with van der Waals surface area (Å²) < 4.78 is 129. The molecule has 20 heteroatoms. The number of alkyl halides is 9. The lowest BCUT2D eigenvalue weighted by atomic mass is 9.71. The van der Waals surface area contributed by atoms with Gasteiger partial charge in [-0.15, -0.1) is 10.2 Å². The van der Waals surface area contributed by atoms with Crippen LogP contribution >= 0.6 is 0 Å². The minimum atomic E-state index is -4.68. The van der Waals surface area contributed by atoms with E-state index < -0.39 is 58.6 Å². The fourth-order valence-corrected chi connectivity index (χ4v) is 9.07. The van der Waals surface area contributed by atoms with Crippen molar-refractivity contribution in [3.63, 3.8) is 0 Å². The molecular weight excluding hydrogens is 799 g/mol. The van der Waals surface area contributed by atoms with Gasteiger partial charge in [-0.05, 0) is 78.5 Å². The third kappa shape index (κ3) is 7.91. The van der Waals surface area contributed by atoms with Crippen LogP contribution in [0.2, 0.25) is 0 Å². The summed E-state index contributed by atoms with van der Waals surface area (Å²) in [7, 11) is 0. The Morgan fingerprint density at radius 3 is 2.19 bits per heavy atom. The first-order chi connectivity index (χ1) is 27.9. The molecule has 1 atom stereocenters. The minimum Gasteiger partial charge on any atom is -0.376 e. The van der Waals surface area contributed by atoms with E-state index in [1.54, 1.807) is 17.0 Å². The van der Waals surface area contributed by atoms with Crippen LogP contribution in [0, 0.1) is 22.7 Å². The van der Waals surface area contributed by atoms with Gasteiger partial charge in [0.1, 0.15) is 5.41 Å². The number of likely N-dealkylation sites (tertiary alicyclic amines) is 2. The Labute approximate surface area is 331 Å². The number of nitrogens with zero attached hydrogens (tertiary/aromatic N) is 7. The second-order valence-electron chi connectivity index (χ2n) is 16.3. The molecule has 2 aromatic heterocycles. The summed E-state index contributed by atoms with van der Waals surface area (Å²) in [5.74, 6) is -3.12. The molecule has 0 bridgehead atoms. The van der Waals surface area contributed by atoms with Crippen LogP contribution in [-0.2, 0) is 28.9 Å². The van der Waals surface area contributed by atoms with Gasteiger partial charge in [0.15, 0.2) is 0 Å². The van der Waals surface area contributed by atoms with E-state index in [1.165, 1.54) is 34.1 Å². The number of carbonyl (C=O) groups is 2. The van der Waals surface area contributed by atoms with Gasteiger partial charge in [0.2, 0.25) is 11.7 Å². The first-order valence-electron chi connectivity index (χ1n) is 19.2. The summed E-state index contributed by atoms with van der Waals surface area (Å²) >= 11 is 0. The lowest BCUT2D eigenvalue weighted by Gasteiger charge is -2.51. The van der Waals surface area contributed by atoms with Crippen LogP contribution in [0.3, 0.4) is 0 Å². The maximum absolute atomic E-state index is 13.9. The van der Waals surface area contributed by atoms with Crippen LogP contribution in [0.1, 0.15) is 77.1 Å². The van der Waals surface area contributed by atoms with Gasteiger partial charge < -0.3 is 14.5 Å². The Bertz CT molecular complexity index is 2150. The van der Waals surface area contributed by atoms with E-state index in [0.717, 1.165) is 17.7 Å². The van der Waals surface area contributed by atoms with Crippen LogP contribution in [0.15, 0.2) is 54.9 Å². The van der Waals surface area contributed by atoms with Crippen LogP contribution in [0.5, 0.6) is 0 Å². The minimum absolute atomic E-state index is 0.00663. The van der Waals surface area contributed by atoms with E-state index in [4.69, 9.17) is 4.74 Å². The van der Waals surface area contributed by atoms with E-state index in [1.807, 2.05) is 6.07 Å². The van der Waals surface area contributed by atoms with Gasteiger partial charge in [0.25, 0.3) is 5.91 Å². The number of aromatic amines is 1. The summed E-state index contributed by atoms with van der Waals surface area (Å²) in [4.78, 5) is 29.8. The van der Waals surface area contributed by atoms with Gasteiger partial charge in [-0.25, -0.2) is 0 Å². The van der Waals surface area contributed by atoms with Crippen molar-refractivity contribution in [2.24, 2.45) is 22.7 Å². The quantitative estimate of drug-likeness (QED) is 0.165. The number of hydrogen-bond donors (Lipinski definition) is 1. The van der Waals surface area contributed by atoms with Crippen LogP contribution in [0.25, 0.3) is 11.4 Å². The summed E-state index contributed by atoms with van der Waals surface area (Å²) in [6.07, 6.45) is -10.6. The Morgan fingerprint density at radius 2 is 1.58 bits per heavy atom. The zero-order valence-electron chi connectivity index (χ0n) is 31.4. The van der Waals surface area contributed by atoms with Gasteiger partial charge in [0.05, 0.1) is 43.0 Å². The molecule has 2 aromatic carbocycles. The fraction of sp³-hybridized carbons (Fsp3) is 0.538. The number of amides is 2. The maximum atomic E-state index is 13.9. The molecule has 4 aliphatic rings. The van der Waals surface area contributed by atoms with Crippen LogP contribution < -0.4 is 0 Å². The topological polar surface area (TPSA) is 122 Å². The molecule has 316 valence electrons. The largest absolute Gasteiger partial charge is 0.416 e. The lowest BCUT2D eigenvalue weighted by Crippen LogP contribution is -2.65. The Hall–Kier alpha value is -5.01. The zero-order valence-corrected chi connectivity index (χ0v) is 31.4. The highest BCUT2D eigenvalue weighted by Gasteiger charge is 2.71. The molecule has 2 aliphatic heterocycles. The van der Waals surface area contributed by atoms with Gasteiger partial charge in [-0.3, -0.25) is 14.3 Å². The molecular formula is C39H39F9N8O3.